The van der Waals surface area contributed by atoms with Crippen molar-refractivity contribution in [3.63, 3.8) is 0 Å². The highest BCUT2D eigenvalue weighted by Gasteiger charge is 2.25. The molecule has 1 aromatic heterocycles. The van der Waals surface area contributed by atoms with Crippen molar-refractivity contribution in [1.82, 2.24) is 10.3 Å². The van der Waals surface area contributed by atoms with E-state index in [-0.39, 0.29) is 11.4 Å². The molecule has 0 aliphatic carbocycles. The summed E-state index contributed by atoms with van der Waals surface area (Å²) in [6, 6.07) is 2.28. The van der Waals surface area contributed by atoms with Gasteiger partial charge in [-0.3, -0.25) is 4.98 Å². The largest absolute Gasteiger partial charge is 0.378 e. The Kier molecular flexibility index (Phi) is 3.97. The van der Waals surface area contributed by atoms with Gasteiger partial charge in [-0.2, -0.15) is 0 Å². The molecule has 0 bridgehead atoms. The zero-order valence-corrected chi connectivity index (χ0v) is 10.5. The van der Waals surface area contributed by atoms with Crippen LogP contribution in [0.3, 0.4) is 0 Å². The molecule has 1 fully saturated rings. The monoisotopic (exact) mass is 290 g/mol. The number of nitrogens with zero attached hydrogens (tertiary/aromatic N) is 1. The number of halogens is 2. The van der Waals surface area contributed by atoms with Crippen molar-refractivity contribution in [1.29, 1.82) is 0 Å². The zero-order valence-electron chi connectivity index (χ0n) is 8.12. The second kappa shape index (κ2) is 5.25. The van der Waals surface area contributed by atoms with Gasteiger partial charge in [-0.25, -0.2) is 0 Å². The molecule has 2 atom stereocenters. The summed E-state index contributed by atoms with van der Waals surface area (Å²) in [5.41, 5.74) is 1.14. The van der Waals surface area contributed by atoms with E-state index in [1.807, 2.05) is 12.3 Å². The number of rotatable bonds is 3. The SMILES string of the molecule is ClC1COCC1NCc1cncc(Br)c1. The van der Waals surface area contributed by atoms with Gasteiger partial charge in [0.1, 0.15) is 0 Å². The summed E-state index contributed by atoms with van der Waals surface area (Å²) in [5, 5.41) is 3.43. The van der Waals surface area contributed by atoms with Crippen molar-refractivity contribution in [2.24, 2.45) is 0 Å². The van der Waals surface area contributed by atoms with E-state index in [1.54, 1.807) is 6.20 Å². The zero-order chi connectivity index (χ0) is 10.7. The summed E-state index contributed by atoms with van der Waals surface area (Å²) in [5.74, 6) is 0. The minimum atomic E-state index is 0.0742. The molecule has 2 unspecified atom stereocenters. The third kappa shape index (κ3) is 3.14. The van der Waals surface area contributed by atoms with Crippen molar-refractivity contribution >= 4 is 27.5 Å². The van der Waals surface area contributed by atoms with Gasteiger partial charge in [-0.1, -0.05) is 0 Å². The first-order valence-corrected chi connectivity index (χ1v) is 6.03. The average molecular weight is 292 g/mol. The first kappa shape index (κ1) is 11.3. The molecule has 1 N–H and O–H groups in total. The lowest BCUT2D eigenvalue weighted by Crippen LogP contribution is -2.35. The number of aromatic nitrogens is 1. The highest BCUT2D eigenvalue weighted by molar-refractivity contribution is 9.10. The normalized spacial score (nSPS) is 25.7. The van der Waals surface area contributed by atoms with Crippen molar-refractivity contribution in [2.45, 2.75) is 18.0 Å². The molecule has 1 aliphatic rings. The molecule has 1 aliphatic heterocycles. The van der Waals surface area contributed by atoms with Crippen LogP contribution in [-0.2, 0) is 11.3 Å². The molecule has 0 saturated carbocycles. The standard InChI is InChI=1S/C10H12BrClN2O/c11-8-1-7(2-13-4-8)3-14-10-6-15-5-9(10)12/h1-2,4,9-10,14H,3,5-6H2. The number of alkyl halides is 1. The maximum Gasteiger partial charge on any atom is 0.0745 e. The molecule has 0 spiro atoms. The Morgan fingerprint density at radius 2 is 2.40 bits per heavy atom. The van der Waals surface area contributed by atoms with E-state index in [9.17, 15) is 0 Å². The van der Waals surface area contributed by atoms with Crippen LogP contribution in [0.4, 0.5) is 0 Å². The van der Waals surface area contributed by atoms with Crippen molar-refractivity contribution in [3.8, 4) is 0 Å². The fraction of sp³-hybridized carbons (Fsp3) is 0.500. The fourth-order valence-corrected chi connectivity index (χ4v) is 2.18. The summed E-state index contributed by atoms with van der Waals surface area (Å²) in [6.45, 7) is 2.09. The van der Waals surface area contributed by atoms with Crippen LogP contribution in [0.2, 0.25) is 0 Å². The topological polar surface area (TPSA) is 34.1 Å². The van der Waals surface area contributed by atoms with Crippen LogP contribution in [0.25, 0.3) is 0 Å². The highest BCUT2D eigenvalue weighted by atomic mass is 79.9. The Hall–Kier alpha value is -0.160. The summed E-state index contributed by atoms with van der Waals surface area (Å²) in [6.07, 6.45) is 3.61. The average Bonchev–Trinajstić information content (AvgIpc) is 2.61. The molecule has 3 nitrogen and oxygen atoms in total. The molecule has 5 heteroatoms. The van der Waals surface area contributed by atoms with Gasteiger partial charge in [0.25, 0.3) is 0 Å². The molecular weight excluding hydrogens is 279 g/mol. The van der Waals surface area contributed by atoms with E-state index in [4.69, 9.17) is 16.3 Å². The maximum atomic E-state index is 6.06. The molecule has 1 saturated heterocycles. The van der Waals surface area contributed by atoms with E-state index in [0.29, 0.717) is 13.2 Å². The van der Waals surface area contributed by atoms with Crippen molar-refractivity contribution in [2.75, 3.05) is 13.2 Å². The number of pyridine rings is 1. The second-order valence-corrected chi connectivity index (χ2v) is 5.03. The van der Waals surface area contributed by atoms with E-state index in [1.165, 1.54) is 0 Å². The van der Waals surface area contributed by atoms with Gasteiger partial charge in [0.2, 0.25) is 0 Å². The van der Waals surface area contributed by atoms with E-state index in [0.717, 1.165) is 16.6 Å². The van der Waals surface area contributed by atoms with Crippen LogP contribution in [0.5, 0.6) is 0 Å². The molecule has 2 heterocycles. The number of hydrogen-bond donors (Lipinski definition) is 1. The third-order valence-corrected chi connectivity index (χ3v) is 3.20. The number of ether oxygens (including phenoxy) is 1. The minimum absolute atomic E-state index is 0.0742. The van der Waals surface area contributed by atoms with E-state index >= 15 is 0 Å². The van der Waals surface area contributed by atoms with Gasteiger partial charge in [-0.05, 0) is 27.6 Å². The van der Waals surface area contributed by atoms with Crippen LogP contribution in [-0.4, -0.2) is 29.6 Å². The predicted octanol–water partition coefficient (Wildman–Crippen LogP) is 1.94. The second-order valence-electron chi connectivity index (χ2n) is 3.55. The number of hydrogen-bond acceptors (Lipinski definition) is 3. The Morgan fingerprint density at radius 3 is 3.07 bits per heavy atom. The highest BCUT2D eigenvalue weighted by Crippen LogP contribution is 2.14. The van der Waals surface area contributed by atoms with Gasteiger partial charge in [-0.15, -0.1) is 11.6 Å². The van der Waals surface area contributed by atoms with Gasteiger partial charge in [0.15, 0.2) is 0 Å². The Labute approximate surface area is 102 Å². The molecule has 15 heavy (non-hydrogen) atoms. The van der Waals surface area contributed by atoms with Crippen LogP contribution >= 0.6 is 27.5 Å². The Bertz CT molecular complexity index is 337. The minimum Gasteiger partial charge on any atom is -0.378 e. The van der Waals surface area contributed by atoms with Crippen molar-refractivity contribution in [3.05, 3.63) is 28.5 Å². The smallest absolute Gasteiger partial charge is 0.0745 e. The Balaban J connectivity index is 1.87. The summed E-state index contributed by atoms with van der Waals surface area (Å²) in [4.78, 5) is 4.10. The summed E-state index contributed by atoms with van der Waals surface area (Å²) < 4.78 is 6.25. The quantitative estimate of drug-likeness (QED) is 0.864. The predicted molar refractivity (Wildman–Crippen MR) is 63.0 cm³/mol. The molecule has 82 valence electrons. The maximum absolute atomic E-state index is 6.06. The van der Waals surface area contributed by atoms with Crippen LogP contribution in [0, 0.1) is 0 Å². The summed E-state index contributed by atoms with van der Waals surface area (Å²) >= 11 is 9.45. The lowest BCUT2D eigenvalue weighted by atomic mass is 10.2. The lowest BCUT2D eigenvalue weighted by Gasteiger charge is -2.13. The van der Waals surface area contributed by atoms with Gasteiger partial charge in [0, 0.05) is 29.5 Å². The van der Waals surface area contributed by atoms with Crippen LogP contribution in [0.1, 0.15) is 5.56 Å². The third-order valence-electron chi connectivity index (χ3n) is 2.34. The van der Waals surface area contributed by atoms with Crippen molar-refractivity contribution < 1.29 is 4.74 Å². The fourth-order valence-electron chi connectivity index (χ4n) is 1.52. The molecule has 0 amide bonds. The van der Waals surface area contributed by atoms with Crippen LogP contribution in [0.15, 0.2) is 22.9 Å². The van der Waals surface area contributed by atoms with E-state index < -0.39 is 0 Å². The van der Waals surface area contributed by atoms with Gasteiger partial charge >= 0.3 is 0 Å². The molecule has 0 aromatic carbocycles. The van der Waals surface area contributed by atoms with Crippen LogP contribution < -0.4 is 5.32 Å². The summed E-state index contributed by atoms with van der Waals surface area (Å²) in [7, 11) is 0. The van der Waals surface area contributed by atoms with Gasteiger partial charge in [0.05, 0.1) is 18.6 Å². The molecule has 0 radical (unpaired) electrons. The first-order chi connectivity index (χ1) is 7.25. The molecule has 2 rings (SSSR count). The lowest BCUT2D eigenvalue weighted by molar-refractivity contribution is 0.190. The van der Waals surface area contributed by atoms with Gasteiger partial charge < -0.3 is 10.1 Å². The number of nitrogens with one attached hydrogen (secondary N) is 1. The Morgan fingerprint density at radius 1 is 1.53 bits per heavy atom. The molecular formula is C10H12BrClN2O. The van der Waals surface area contributed by atoms with E-state index in [2.05, 4.69) is 26.2 Å². The molecule has 1 aromatic rings. The first-order valence-electron chi connectivity index (χ1n) is 4.80.